The number of carboxylic acid groups (broad SMARTS) is 3. The Morgan fingerprint density at radius 3 is 0.589 bits per heavy atom. The average molecular weight is 1710 g/mol. The highest BCUT2D eigenvalue weighted by atomic mass is 16.6. The van der Waals surface area contributed by atoms with Gasteiger partial charge in [-0.25, -0.2) is 0 Å². The van der Waals surface area contributed by atoms with Crippen molar-refractivity contribution >= 4 is 65.7 Å². The van der Waals surface area contributed by atoms with E-state index in [4.69, 9.17) is 37.9 Å². The van der Waals surface area contributed by atoms with Gasteiger partial charge in [0.05, 0.1) is 59.6 Å². The van der Waals surface area contributed by atoms with E-state index in [1.165, 1.54) is 69.2 Å². The second-order valence-electron chi connectivity index (χ2n) is 37.1. The highest BCUT2D eigenvalue weighted by molar-refractivity contribution is 5.88. The number of carbonyl (C=O) groups is 11. The normalized spacial score (nSPS) is 16.5. The number of esters is 8. The zero-order valence-corrected chi connectivity index (χ0v) is 74.8. The third-order valence-electron chi connectivity index (χ3n) is 24.2. The van der Waals surface area contributed by atoms with Gasteiger partial charge in [0, 0.05) is 6.54 Å². The molecular formula is C101H127NO22. The lowest BCUT2D eigenvalue weighted by atomic mass is 9.56. The van der Waals surface area contributed by atoms with Gasteiger partial charge in [-0.15, -0.1) is 0 Å². The fraction of sp³-hybridized carbons (Fsp3) is 0.475. The molecule has 0 amide bonds. The number of carbonyl (C=O) groups excluding carboxylic acids is 8. The van der Waals surface area contributed by atoms with Crippen LogP contribution in [0.3, 0.4) is 0 Å². The molecule has 23 heteroatoms. The van der Waals surface area contributed by atoms with Gasteiger partial charge < -0.3 is 58.1 Å². The van der Waals surface area contributed by atoms with E-state index in [-0.39, 0.29) is 59.0 Å². The molecule has 0 aromatic heterocycles. The minimum absolute atomic E-state index is 0.115. The van der Waals surface area contributed by atoms with Crippen LogP contribution in [0.1, 0.15) is 213 Å². The Kier molecular flexibility index (Phi) is 35.3. The van der Waals surface area contributed by atoms with Crippen molar-refractivity contribution in [2.75, 3.05) is 26.2 Å². The van der Waals surface area contributed by atoms with Crippen LogP contribution in [0.25, 0.3) is 0 Å². The van der Waals surface area contributed by atoms with E-state index in [1.807, 2.05) is 24.8 Å². The second-order valence-corrected chi connectivity index (χ2v) is 37.1. The van der Waals surface area contributed by atoms with E-state index < -0.39 is 196 Å². The molecule has 7 rings (SSSR count). The van der Waals surface area contributed by atoms with Crippen LogP contribution in [0.2, 0.25) is 0 Å². The molecule has 10 atom stereocenters. The molecule has 7 aromatic carbocycles. The summed E-state index contributed by atoms with van der Waals surface area (Å²) in [7, 11) is 0. The van der Waals surface area contributed by atoms with Crippen molar-refractivity contribution in [2.45, 2.75) is 221 Å². The SMILES string of the molecule is CCN(CC)CCOC(=O)C(C)(CC(C)(CC(C)(CC(C)(C)C(=O)O)C(=O)O)C(=O)O)CC(C)(CC(C)(CC(C)(CC(C)(CC(C)(CC(C)(CC(C)(CC)C(=O)OCc1ccccc1)C(=O)OCc1ccccc1)C(=O)OCc1ccccc1)C(=O)OCc1ccccc1)C(=O)OCc1ccccc1)C(=O)OCc1ccccc1)C(=O)OCc1ccccc1. The standard InChI is InChI=1S/C101H127NO22/c1-16-92(6,83(109)118-56-73-40-26-19-27-41-73)64-95(9,85(111)119-57-74-42-28-20-29-43-74)67-97(11,86(112)120-58-75-44-30-21-31-45-75)69-99(13,88(114)122-60-77-48-34-23-35-49-77)71-101(15,90(116)124-62-79-52-38-25-39-53-79)72-100(14,89(115)123-61-78-50-36-24-37-51-78)70-98(12,87(113)121-59-76-46-32-22-33-47-76)68-96(10,84(110)117-55-54-102(17-2)18-3)66-94(8,82(107)108)65-93(7,81(105)106)63-91(4,5)80(103)104/h19-53H,16-18,54-72H2,1-15H3,(H,103,104)(H,105,106)(H,107,108). The summed E-state index contributed by atoms with van der Waals surface area (Å²) in [5.74, 6) is -12.0. The van der Waals surface area contributed by atoms with Crippen LogP contribution in [0.4, 0.5) is 0 Å². The fourth-order valence-electron chi connectivity index (χ4n) is 18.3. The van der Waals surface area contributed by atoms with Crippen LogP contribution in [0.15, 0.2) is 212 Å². The molecule has 668 valence electrons. The summed E-state index contributed by atoms with van der Waals surface area (Å²) < 4.78 is 50.8. The largest absolute Gasteiger partial charge is 0.481 e. The number of ether oxygens (including phenoxy) is 8. The predicted octanol–water partition coefficient (Wildman–Crippen LogP) is 18.7. The van der Waals surface area contributed by atoms with Crippen molar-refractivity contribution in [2.24, 2.45) is 59.6 Å². The molecule has 0 fully saturated rings. The molecule has 23 nitrogen and oxygen atoms in total. The summed E-state index contributed by atoms with van der Waals surface area (Å²) in [6, 6.07) is 61.3. The third-order valence-corrected chi connectivity index (χ3v) is 24.2. The molecule has 0 aliphatic carbocycles. The first-order chi connectivity index (χ1) is 58.4. The summed E-state index contributed by atoms with van der Waals surface area (Å²) in [6.07, 6.45) is -6.32. The predicted molar refractivity (Wildman–Crippen MR) is 467 cm³/mol. The van der Waals surface area contributed by atoms with E-state index in [0.717, 1.165) is 0 Å². The zero-order valence-electron chi connectivity index (χ0n) is 74.8. The van der Waals surface area contributed by atoms with Crippen LogP contribution < -0.4 is 0 Å². The van der Waals surface area contributed by atoms with Crippen LogP contribution in [0, 0.1) is 59.6 Å². The lowest BCUT2D eigenvalue weighted by Crippen LogP contribution is -2.51. The van der Waals surface area contributed by atoms with E-state index in [0.29, 0.717) is 52.0 Å². The lowest BCUT2D eigenvalue weighted by Gasteiger charge is -2.47. The maximum absolute atomic E-state index is 16.6. The highest BCUT2D eigenvalue weighted by Gasteiger charge is 2.62. The van der Waals surface area contributed by atoms with Crippen molar-refractivity contribution < 1.29 is 106 Å². The first-order valence-electron chi connectivity index (χ1n) is 42.5. The number of hydrogen-bond donors (Lipinski definition) is 3. The van der Waals surface area contributed by atoms with E-state index in [9.17, 15) is 34.5 Å². The maximum Gasteiger partial charge on any atom is 0.312 e. The Balaban J connectivity index is 1.53. The van der Waals surface area contributed by atoms with E-state index >= 15 is 33.6 Å². The summed E-state index contributed by atoms with van der Waals surface area (Å²) in [4.78, 5) is 172. The van der Waals surface area contributed by atoms with Crippen LogP contribution in [0.5, 0.6) is 0 Å². The summed E-state index contributed by atoms with van der Waals surface area (Å²) in [6.45, 7) is 21.6. The molecule has 7 aromatic rings. The van der Waals surface area contributed by atoms with E-state index in [1.54, 1.807) is 227 Å². The van der Waals surface area contributed by atoms with Crippen molar-refractivity contribution in [3.05, 3.63) is 251 Å². The van der Waals surface area contributed by atoms with Crippen molar-refractivity contribution in [3.63, 3.8) is 0 Å². The molecule has 0 heterocycles. The molecule has 0 aliphatic heterocycles. The first kappa shape index (κ1) is 99.8. The molecule has 0 spiro atoms. The summed E-state index contributed by atoms with van der Waals surface area (Å²) >= 11 is 0. The highest BCUT2D eigenvalue weighted by Crippen LogP contribution is 2.58. The summed E-state index contributed by atoms with van der Waals surface area (Å²) in [5, 5.41) is 33.2. The molecule has 10 unspecified atom stereocenters. The Morgan fingerprint density at radius 2 is 0.403 bits per heavy atom. The number of hydrogen-bond acceptors (Lipinski definition) is 20. The van der Waals surface area contributed by atoms with Crippen LogP contribution in [-0.2, 0) is 137 Å². The van der Waals surface area contributed by atoms with Crippen LogP contribution >= 0.6 is 0 Å². The number of likely N-dealkylation sites (N-methyl/N-ethyl adjacent to an activating group) is 1. The fourth-order valence-corrected chi connectivity index (χ4v) is 18.3. The lowest BCUT2D eigenvalue weighted by molar-refractivity contribution is -0.178. The number of aliphatic carboxylic acids is 3. The van der Waals surface area contributed by atoms with Gasteiger partial charge in [-0.3, -0.25) is 52.7 Å². The molecule has 0 saturated heterocycles. The first-order valence-corrected chi connectivity index (χ1v) is 42.5. The molecule has 0 saturated carbocycles. The van der Waals surface area contributed by atoms with Crippen molar-refractivity contribution in [1.82, 2.24) is 4.90 Å². The molecular weight excluding hydrogens is 1580 g/mol. The zero-order chi connectivity index (χ0) is 91.4. The van der Waals surface area contributed by atoms with Gasteiger partial charge in [-0.05, 0) is 206 Å². The Morgan fingerprint density at radius 1 is 0.234 bits per heavy atom. The topological polar surface area (TPSA) is 326 Å². The van der Waals surface area contributed by atoms with Gasteiger partial charge in [0.25, 0.3) is 0 Å². The third kappa shape index (κ3) is 27.8. The van der Waals surface area contributed by atoms with Crippen molar-refractivity contribution in [3.8, 4) is 0 Å². The molecule has 124 heavy (non-hydrogen) atoms. The van der Waals surface area contributed by atoms with Gasteiger partial charge in [0.2, 0.25) is 0 Å². The smallest absolute Gasteiger partial charge is 0.312 e. The van der Waals surface area contributed by atoms with Gasteiger partial charge >= 0.3 is 65.7 Å². The Labute approximate surface area is 730 Å². The number of benzene rings is 7. The monoisotopic (exact) mass is 1710 g/mol. The Bertz CT molecular complexity index is 4700. The van der Waals surface area contributed by atoms with Crippen molar-refractivity contribution in [1.29, 1.82) is 0 Å². The quantitative estimate of drug-likeness (QED) is 0.0235. The number of carboxylic acids is 3. The van der Waals surface area contributed by atoms with Gasteiger partial charge in [-0.2, -0.15) is 0 Å². The molecule has 0 aliphatic rings. The summed E-state index contributed by atoms with van der Waals surface area (Å²) in [5.41, 5.74) is -18.7. The second kappa shape index (κ2) is 43.8. The average Bonchev–Trinajstić information content (AvgIpc) is 0.750. The van der Waals surface area contributed by atoms with Gasteiger partial charge in [0.1, 0.15) is 52.9 Å². The van der Waals surface area contributed by atoms with E-state index in [2.05, 4.69) is 0 Å². The molecule has 0 bridgehead atoms. The molecule has 3 N–H and O–H groups in total. The number of nitrogens with zero attached hydrogens (tertiary/aromatic N) is 1. The minimum Gasteiger partial charge on any atom is -0.481 e. The van der Waals surface area contributed by atoms with Crippen LogP contribution in [-0.4, -0.2) is 112 Å². The van der Waals surface area contributed by atoms with Gasteiger partial charge in [-0.1, -0.05) is 233 Å². The molecule has 0 radical (unpaired) electrons. The Hall–Kier alpha value is -11.3. The number of rotatable bonds is 51. The minimum atomic E-state index is -2.27. The maximum atomic E-state index is 16.6. The van der Waals surface area contributed by atoms with Gasteiger partial charge in [0.15, 0.2) is 0 Å².